The van der Waals surface area contributed by atoms with E-state index in [9.17, 15) is 0 Å². The minimum absolute atomic E-state index is 0.375. The van der Waals surface area contributed by atoms with Gasteiger partial charge in [0.25, 0.3) is 0 Å². The van der Waals surface area contributed by atoms with E-state index in [1.165, 1.54) is 5.56 Å². The Balaban J connectivity index is 1.95. The predicted molar refractivity (Wildman–Crippen MR) is 85.9 cm³/mol. The Morgan fingerprint density at radius 3 is 2.38 bits per heavy atom. The van der Waals surface area contributed by atoms with Crippen LogP contribution < -0.4 is 10.1 Å². The molecule has 1 fully saturated rings. The van der Waals surface area contributed by atoms with Crippen molar-refractivity contribution in [3.8, 4) is 5.75 Å². The molecule has 2 rings (SSSR count). The molecule has 21 heavy (non-hydrogen) atoms. The zero-order valence-corrected chi connectivity index (χ0v) is 13.5. The van der Waals surface area contributed by atoms with E-state index in [0.29, 0.717) is 12.1 Å². The Labute approximate surface area is 128 Å². The molecule has 0 aromatic heterocycles. The van der Waals surface area contributed by atoms with Gasteiger partial charge in [-0.2, -0.15) is 0 Å². The minimum atomic E-state index is 0.375. The first-order valence-corrected chi connectivity index (χ1v) is 7.89. The average molecular weight is 292 g/mol. The van der Waals surface area contributed by atoms with Crippen LogP contribution in [0, 0.1) is 0 Å². The molecule has 118 valence electrons. The standard InChI is InChI=1S/C17H28N2O2/c1-4-18-17(14-5-7-15(20-2)8-6-14)13-19-11-9-16(21-3)10-12-19/h5-8,16-18H,4,9-13H2,1-3H3. The molecular formula is C17H28N2O2. The average Bonchev–Trinajstić information content (AvgIpc) is 2.55. The second kappa shape index (κ2) is 8.37. The lowest BCUT2D eigenvalue weighted by molar-refractivity contribution is 0.0384. The third-order valence-corrected chi connectivity index (χ3v) is 4.28. The summed E-state index contributed by atoms with van der Waals surface area (Å²) in [5.41, 5.74) is 1.33. The molecule has 1 N–H and O–H groups in total. The number of rotatable bonds is 7. The molecule has 0 spiro atoms. The molecule has 4 heteroatoms. The van der Waals surface area contributed by atoms with E-state index >= 15 is 0 Å². The Bertz CT molecular complexity index is 400. The number of methoxy groups -OCH3 is 2. The minimum Gasteiger partial charge on any atom is -0.497 e. The van der Waals surface area contributed by atoms with E-state index in [4.69, 9.17) is 9.47 Å². The summed E-state index contributed by atoms with van der Waals surface area (Å²) < 4.78 is 10.7. The fourth-order valence-electron chi connectivity index (χ4n) is 2.96. The van der Waals surface area contributed by atoms with Gasteiger partial charge in [0.1, 0.15) is 5.75 Å². The summed E-state index contributed by atoms with van der Waals surface area (Å²) in [4.78, 5) is 2.53. The molecule has 0 bridgehead atoms. The van der Waals surface area contributed by atoms with Crippen LogP contribution in [-0.2, 0) is 4.74 Å². The number of likely N-dealkylation sites (N-methyl/N-ethyl adjacent to an activating group) is 1. The van der Waals surface area contributed by atoms with Crippen LogP contribution in [0.3, 0.4) is 0 Å². The van der Waals surface area contributed by atoms with Crippen LogP contribution in [-0.4, -0.2) is 51.4 Å². The van der Waals surface area contributed by atoms with Gasteiger partial charge in [-0.15, -0.1) is 0 Å². The largest absolute Gasteiger partial charge is 0.497 e. The number of benzene rings is 1. The maximum atomic E-state index is 5.45. The summed E-state index contributed by atoms with van der Waals surface area (Å²) in [5.74, 6) is 0.912. The van der Waals surface area contributed by atoms with Crippen molar-refractivity contribution in [3.05, 3.63) is 29.8 Å². The molecule has 1 unspecified atom stereocenters. The Hall–Kier alpha value is -1.10. The quantitative estimate of drug-likeness (QED) is 0.837. The maximum Gasteiger partial charge on any atom is 0.118 e. The van der Waals surface area contributed by atoms with Crippen LogP contribution in [0.25, 0.3) is 0 Å². The van der Waals surface area contributed by atoms with Crippen LogP contribution in [0.5, 0.6) is 5.75 Å². The normalized spacial score (nSPS) is 18.6. The number of piperidine rings is 1. The molecule has 0 aliphatic carbocycles. The molecule has 1 saturated heterocycles. The van der Waals surface area contributed by atoms with Gasteiger partial charge in [0.05, 0.1) is 13.2 Å². The fourth-order valence-corrected chi connectivity index (χ4v) is 2.96. The first kappa shape index (κ1) is 16.3. The number of hydrogen-bond acceptors (Lipinski definition) is 4. The van der Waals surface area contributed by atoms with Crippen molar-refractivity contribution in [1.29, 1.82) is 0 Å². The summed E-state index contributed by atoms with van der Waals surface area (Å²) >= 11 is 0. The van der Waals surface area contributed by atoms with Crippen molar-refractivity contribution in [2.75, 3.05) is 40.4 Å². The number of likely N-dealkylation sites (tertiary alicyclic amines) is 1. The Morgan fingerprint density at radius 2 is 1.86 bits per heavy atom. The van der Waals surface area contributed by atoms with Gasteiger partial charge in [0, 0.05) is 32.8 Å². The van der Waals surface area contributed by atoms with Crippen molar-refractivity contribution in [2.24, 2.45) is 0 Å². The molecule has 1 aromatic rings. The lowest BCUT2D eigenvalue weighted by atomic mass is 10.0. The summed E-state index contributed by atoms with van der Waals surface area (Å²) in [6, 6.07) is 8.77. The Morgan fingerprint density at radius 1 is 1.19 bits per heavy atom. The zero-order chi connectivity index (χ0) is 15.1. The van der Waals surface area contributed by atoms with Crippen molar-refractivity contribution in [3.63, 3.8) is 0 Å². The number of ether oxygens (including phenoxy) is 2. The van der Waals surface area contributed by atoms with E-state index in [-0.39, 0.29) is 0 Å². The topological polar surface area (TPSA) is 33.7 Å². The van der Waals surface area contributed by atoms with E-state index in [1.54, 1.807) is 7.11 Å². The number of nitrogens with one attached hydrogen (secondary N) is 1. The zero-order valence-electron chi connectivity index (χ0n) is 13.5. The van der Waals surface area contributed by atoms with Crippen LogP contribution in [0.15, 0.2) is 24.3 Å². The molecule has 1 aliphatic heterocycles. The second-order valence-corrected chi connectivity index (χ2v) is 5.62. The van der Waals surface area contributed by atoms with Crippen LogP contribution in [0.4, 0.5) is 0 Å². The van der Waals surface area contributed by atoms with Gasteiger partial charge >= 0.3 is 0 Å². The van der Waals surface area contributed by atoms with Crippen LogP contribution in [0.1, 0.15) is 31.4 Å². The molecule has 0 radical (unpaired) electrons. The maximum absolute atomic E-state index is 5.45. The third-order valence-electron chi connectivity index (χ3n) is 4.28. The van der Waals surface area contributed by atoms with E-state index < -0.39 is 0 Å². The molecule has 1 atom stereocenters. The van der Waals surface area contributed by atoms with E-state index in [0.717, 1.165) is 44.8 Å². The smallest absolute Gasteiger partial charge is 0.118 e. The highest BCUT2D eigenvalue weighted by Gasteiger charge is 2.21. The summed E-state index contributed by atoms with van der Waals surface area (Å²) in [7, 11) is 3.52. The molecule has 4 nitrogen and oxygen atoms in total. The van der Waals surface area contributed by atoms with Gasteiger partial charge in [-0.25, -0.2) is 0 Å². The lowest BCUT2D eigenvalue weighted by Gasteiger charge is -2.34. The first-order chi connectivity index (χ1) is 10.3. The summed E-state index contributed by atoms with van der Waals surface area (Å²) in [6.45, 7) is 6.43. The SMILES string of the molecule is CCNC(CN1CCC(OC)CC1)c1ccc(OC)cc1. The van der Waals surface area contributed by atoms with Crippen molar-refractivity contribution in [2.45, 2.75) is 31.9 Å². The molecule has 1 heterocycles. The summed E-state index contributed by atoms with van der Waals surface area (Å²) in [5, 5.41) is 3.60. The molecular weight excluding hydrogens is 264 g/mol. The van der Waals surface area contributed by atoms with Gasteiger partial charge in [-0.1, -0.05) is 19.1 Å². The summed E-state index contributed by atoms with van der Waals surface area (Å²) in [6.07, 6.45) is 2.72. The molecule has 0 amide bonds. The van der Waals surface area contributed by atoms with Gasteiger partial charge in [0.15, 0.2) is 0 Å². The van der Waals surface area contributed by atoms with Gasteiger partial charge < -0.3 is 19.7 Å². The van der Waals surface area contributed by atoms with E-state index in [1.807, 2.05) is 19.2 Å². The molecule has 1 aliphatic rings. The Kier molecular flexibility index (Phi) is 6.49. The van der Waals surface area contributed by atoms with Crippen molar-refractivity contribution < 1.29 is 9.47 Å². The first-order valence-electron chi connectivity index (χ1n) is 7.89. The van der Waals surface area contributed by atoms with Crippen LogP contribution >= 0.6 is 0 Å². The molecule has 0 saturated carbocycles. The highest BCUT2D eigenvalue weighted by Crippen LogP contribution is 2.21. The van der Waals surface area contributed by atoms with Crippen molar-refractivity contribution in [1.82, 2.24) is 10.2 Å². The lowest BCUT2D eigenvalue weighted by Crippen LogP contribution is -2.41. The highest BCUT2D eigenvalue weighted by molar-refractivity contribution is 5.29. The predicted octanol–water partition coefficient (Wildman–Crippen LogP) is 2.46. The van der Waals surface area contributed by atoms with Gasteiger partial charge in [-0.05, 0) is 37.1 Å². The highest BCUT2D eigenvalue weighted by atomic mass is 16.5. The molecule has 1 aromatic carbocycles. The number of hydrogen-bond donors (Lipinski definition) is 1. The second-order valence-electron chi connectivity index (χ2n) is 5.62. The monoisotopic (exact) mass is 292 g/mol. The third kappa shape index (κ3) is 4.70. The van der Waals surface area contributed by atoms with Gasteiger partial charge in [-0.3, -0.25) is 0 Å². The van der Waals surface area contributed by atoms with Crippen LogP contribution in [0.2, 0.25) is 0 Å². The number of nitrogens with zero attached hydrogens (tertiary/aromatic N) is 1. The van der Waals surface area contributed by atoms with Crippen molar-refractivity contribution >= 4 is 0 Å². The fraction of sp³-hybridized carbons (Fsp3) is 0.647. The van der Waals surface area contributed by atoms with E-state index in [2.05, 4.69) is 29.3 Å². The van der Waals surface area contributed by atoms with Gasteiger partial charge in [0.2, 0.25) is 0 Å².